The molecule has 1 N–H and O–H groups in total. The molecule has 0 aliphatic carbocycles. The molecule has 212 valence electrons. The second kappa shape index (κ2) is 11.5. The Balaban J connectivity index is 1.37. The molecule has 5 rings (SSSR count). The summed E-state index contributed by atoms with van der Waals surface area (Å²) >= 11 is 0. The number of hydrogen-bond donors (Lipinski definition) is 1. The number of hydrogen-bond acceptors (Lipinski definition) is 7. The molecule has 4 heterocycles. The van der Waals surface area contributed by atoms with Gasteiger partial charge in [0.1, 0.15) is 17.3 Å². The van der Waals surface area contributed by atoms with Crippen LogP contribution < -0.4 is 10.2 Å². The lowest BCUT2D eigenvalue weighted by atomic mass is 10.0. The number of rotatable bonds is 8. The van der Waals surface area contributed by atoms with Crippen LogP contribution >= 0.6 is 0 Å². The summed E-state index contributed by atoms with van der Waals surface area (Å²) in [7, 11) is 0. The molecule has 1 aliphatic heterocycles. The SMILES string of the molecule is CCN(CC)C1CCN(c2ccc(Nc3ncc(F)c(-c4cc(C)c5nc(C)n(C(C)C)c5c4)n3)nc2C)CC1. The van der Waals surface area contributed by atoms with E-state index in [1.54, 1.807) is 0 Å². The highest BCUT2D eigenvalue weighted by Crippen LogP contribution is 2.31. The number of nitrogens with one attached hydrogen (secondary N) is 1. The van der Waals surface area contributed by atoms with E-state index in [0.29, 0.717) is 23.4 Å². The zero-order valence-electron chi connectivity index (χ0n) is 24.8. The first kappa shape index (κ1) is 28.0. The normalized spacial score (nSPS) is 14.6. The van der Waals surface area contributed by atoms with Gasteiger partial charge >= 0.3 is 0 Å². The third-order valence-electron chi connectivity index (χ3n) is 8.13. The van der Waals surface area contributed by atoms with E-state index >= 15 is 4.39 Å². The largest absolute Gasteiger partial charge is 0.370 e. The molecule has 1 fully saturated rings. The molecule has 9 heteroatoms. The molecule has 0 amide bonds. The Labute approximate surface area is 236 Å². The molecular weight excluding hydrogens is 503 g/mol. The molecule has 0 unspecified atom stereocenters. The highest BCUT2D eigenvalue weighted by atomic mass is 19.1. The smallest absolute Gasteiger partial charge is 0.229 e. The molecule has 8 nitrogen and oxygen atoms in total. The van der Waals surface area contributed by atoms with Crippen molar-refractivity contribution < 1.29 is 4.39 Å². The third kappa shape index (κ3) is 5.39. The van der Waals surface area contributed by atoms with Crippen molar-refractivity contribution in [3.8, 4) is 11.3 Å². The van der Waals surface area contributed by atoms with E-state index in [2.05, 4.69) is 63.4 Å². The van der Waals surface area contributed by atoms with Gasteiger partial charge in [-0.2, -0.15) is 0 Å². The minimum atomic E-state index is -0.468. The van der Waals surface area contributed by atoms with Gasteiger partial charge in [0.05, 0.1) is 28.6 Å². The third-order valence-corrected chi connectivity index (χ3v) is 8.13. The van der Waals surface area contributed by atoms with E-state index in [9.17, 15) is 0 Å². The topological polar surface area (TPSA) is 75.0 Å². The zero-order chi connectivity index (χ0) is 28.6. The van der Waals surface area contributed by atoms with E-state index in [1.807, 2.05) is 39.0 Å². The number of aromatic nitrogens is 5. The van der Waals surface area contributed by atoms with Crippen LogP contribution in [0.5, 0.6) is 0 Å². The fourth-order valence-electron chi connectivity index (χ4n) is 6.18. The minimum Gasteiger partial charge on any atom is -0.370 e. The first-order valence-electron chi connectivity index (χ1n) is 14.5. The maximum Gasteiger partial charge on any atom is 0.229 e. The molecule has 3 aromatic heterocycles. The number of pyridine rings is 1. The van der Waals surface area contributed by atoms with Gasteiger partial charge in [0.25, 0.3) is 0 Å². The van der Waals surface area contributed by atoms with Gasteiger partial charge < -0.3 is 19.7 Å². The van der Waals surface area contributed by atoms with E-state index in [-0.39, 0.29) is 11.7 Å². The van der Waals surface area contributed by atoms with Crippen LogP contribution in [0.15, 0.2) is 30.5 Å². The zero-order valence-corrected chi connectivity index (χ0v) is 24.8. The second-order valence-corrected chi connectivity index (χ2v) is 11.0. The minimum absolute atomic E-state index is 0.234. The van der Waals surface area contributed by atoms with Crippen LogP contribution in [-0.2, 0) is 0 Å². The Bertz CT molecular complexity index is 1500. The van der Waals surface area contributed by atoms with Crippen molar-refractivity contribution in [3.05, 3.63) is 53.4 Å². The molecule has 1 aromatic carbocycles. The van der Waals surface area contributed by atoms with Gasteiger partial charge in [-0.05, 0) is 90.4 Å². The number of anilines is 3. The van der Waals surface area contributed by atoms with Gasteiger partial charge in [-0.1, -0.05) is 13.8 Å². The quantitative estimate of drug-likeness (QED) is 0.268. The van der Waals surface area contributed by atoms with E-state index in [0.717, 1.165) is 72.8 Å². The van der Waals surface area contributed by atoms with Gasteiger partial charge in [0, 0.05) is 30.7 Å². The number of piperidine rings is 1. The number of aryl methyl sites for hydroxylation is 3. The van der Waals surface area contributed by atoms with E-state index < -0.39 is 5.82 Å². The van der Waals surface area contributed by atoms with Crippen LogP contribution in [0.1, 0.15) is 63.7 Å². The van der Waals surface area contributed by atoms with Gasteiger partial charge in [-0.25, -0.2) is 24.3 Å². The van der Waals surface area contributed by atoms with Crippen molar-refractivity contribution in [2.75, 3.05) is 36.4 Å². The molecule has 4 aromatic rings. The number of halogens is 1. The molecule has 0 saturated carbocycles. The summed E-state index contributed by atoms with van der Waals surface area (Å²) < 4.78 is 17.2. The Morgan fingerprint density at radius 3 is 2.40 bits per heavy atom. The van der Waals surface area contributed by atoms with Crippen molar-refractivity contribution >= 4 is 28.5 Å². The predicted molar refractivity (Wildman–Crippen MR) is 161 cm³/mol. The van der Waals surface area contributed by atoms with Crippen molar-refractivity contribution in [2.24, 2.45) is 0 Å². The fourth-order valence-corrected chi connectivity index (χ4v) is 6.18. The lowest BCUT2D eigenvalue weighted by molar-refractivity contribution is 0.186. The summed E-state index contributed by atoms with van der Waals surface area (Å²) in [5.74, 6) is 1.41. The Hall–Kier alpha value is -3.59. The molecule has 1 saturated heterocycles. The number of fused-ring (bicyclic) bond motifs is 1. The molecule has 1 aliphatic rings. The molecule has 0 atom stereocenters. The van der Waals surface area contributed by atoms with Crippen LogP contribution in [0.25, 0.3) is 22.3 Å². The van der Waals surface area contributed by atoms with Crippen molar-refractivity contribution in [1.29, 1.82) is 0 Å². The monoisotopic (exact) mass is 544 g/mol. The average Bonchev–Trinajstić information content (AvgIpc) is 3.27. The van der Waals surface area contributed by atoms with Crippen molar-refractivity contribution in [2.45, 2.75) is 73.4 Å². The van der Waals surface area contributed by atoms with Gasteiger partial charge in [-0.3, -0.25) is 0 Å². The summed E-state index contributed by atoms with van der Waals surface area (Å²) in [6, 6.07) is 8.86. The number of nitrogens with zero attached hydrogens (tertiary/aromatic N) is 7. The van der Waals surface area contributed by atoms with Gasteiger partial charge in [0.2, 0.25) is 5.95 Å². The Kier molecular flexibility index (Phi) is 8.03. The van der Waals surface area contributed by atoms with Crippen LogP contribution in [-0.4, -0.2) is 61.6 Å². The Morgan fingerprint density at radius 1 is 1.02 bits per heavy atom. The number of imidazole rings is 1. The molecule has 0 spiro atoms. The first-order chi connectivity index (χ1) is 19.2. The molecular formula is C31H41FN8. The van der Waals surface area contributed by atoms with Crippen molar-refractivity contribution in [1.82, 2.24) is 29.4 Å². The second-order valence-electron chi connectivity index (χ2n) is 11.0. The molecule has 40 heavy (non-hydrogen) atoms. The lowest BCUT2D eigenvalue weighted by Crippen LogP contribution is -2.45. The van der Waals surface area contributed by atoms with Gasteiger partial charge in [-0.15, -0.1) is 0 Å². The lowest BCUT2D eigenvalue weighted by Gasteiger charge is -2.39. The van der Waals surface area contributed by atoms with Crippen LogP contribution in [0.3, 0.4) is 0 Å². The van der Waals surface area contributed by atoms with Gasteiger partial charge in [0.15, 0.2) is 5.82 Å². The highest BCUT2D eigenvalue weighted by molar-refractivity contribution is 5.85. The fraction of sp³-hybridized carbons (Fsp3) is 0.484. The maximum atomic E-state index is 15.0. The summed E-state index contributed by atoms with van der Waals surface area (Å²) in [5, 5.41) is 3.19. The first-order valence-corrected chi connectivity index (χ1v) is 14.5. The van der Waals surface area contributed by atoms with Crippen LogP contribution in [0.4, 0.5) is 21.8 Å². The predicted octanol–water partition coefficient (Wildman–Crippen LogP) is 6.59. The van der Waals surface area contributed by atoms with Crippen LogP contribution in [0, 0.1) is 26.6 Å². The summed E-state index contributed by atoms with van der Waals surface area (Å²) in [6.45, 7) is 19.0. The molecule has 0 radical (unpaired) electrons. The standard InChI is InChI=1S/C31H41FN8/c1-8-38(9-2)24-12-14-39(15-13-24)26-10-11-28(34-21(26)6)36-31-33-18-25(32)30(37-31)23-16-20(5)29-27(17-23)40(19(3)4)22(7)35-29/h10-11,16-19,24H,8-9,12-15H2,1-7H3,(H,33,34,36,37). The maximum absolute atomic E-state index is 15.0. The molecule has 0 bridgehead atoms. The Morgan fingerprint density at radius 2 is 1.75 bits per heavy atom. The summed E-state index contributed by atoms with van der Waals surface area (Å²) in [4.78, 5) is 23.3. The van der Waals surface area contributed by atoms with Crippen LogP contribution in [0.2, 0.25) is 0 Å². The summed E-state index contributed by atoms with van der Waals surface area (Å²) in [5.41, 5.74) is 5.95. The van der Waals surface area contributed by atoms with E-state index in [4.69, 9.17) is 9.97 Å². The summed E-state index contributed by atoms with van der Waals surface area (Å²) in [6.07, 6.45) is 3.54. The van der Waals surface area contributed by atoms with E-state index in [1.165, 1.54) is 6.20 Å². The average molecular weight is 545 g/mol. The highest BCUT2D eigenvalue weighted by Gasteiger charge is 2.24. The number of benzene rings is 1. The van der Waals surface area contributed by atoms with Crippen molar-refractivity contribution in [3.63, 3.8) is 0 Å².